The molecule has 1 aromatic heterocycles. The summed E-state index contributed by atoms with van der Waals surface area (Å²) in [4.78, 5) is 12.2. The summed E-state index contributed by atoms with van der Waals surface area (Å²) in [5.41, 5.74) is 3.07. The Labute approximate surface area is 126 Å². The zero-order chi connectivity index (χ0) is 15.6. The van der Waals surface area contributed by atoms with Crippen molar-refractivity contribution >= 4 is 32.4 Å². The van der Waals surface area contributed by atoms with Crippen LogP contribution in [-0.2, 0) is 10.0 Å². The number of rotatable bonds is 4. The van der Waals surface area contributed by atoms with Gasteiger partial charge in [-0.15, -0.1) is 10.2 Å². The van der Waals surface area contributed by atoms with Gasteiger partial charge in [0, 0.05) is 5.56 Å². The summed E-state index contributed by atoms with van der Waals surface area (Å²) in [5, 5.41) is 10.3. The second kappa shape index (κ2) is 5.88. The fourth-order valence-electron chi connectivity index (χ4n) is 1.74. The van der Waals surface area contributed by atoms with E-state index in [1.165, 1.54) is 30.0 Å². The lowest BCUT2D eigenvalue weighted by Gasteiger charge is -2.11. The minimum atomic E-state index is -3.62. The van der Waals surface area contributed by atoms with E-state index in [9.17, 15) is 13.2 Å². The van der Waals surface area contributed by atoms with Gasteiger partial charge in [-0.2, -0.15) is 0 Å². The molecule has 1 heterocycles. The Morgan fingerprint density at radius 3 is 2.57 bits per heavy atom. The summed E-state index contributed by atoms with van der Waals surface area (Å²) in [6.45, 7) is 3.46. The quantitative estimate of drug-likeness (QED) is 0.882. The molecule has 9 heteroatoms. The van der Waals surface area contributed by atoms with Crippen molar-refractivity contribution in [1.29, 1.82) is 0 Å². The molecular weight excluding hydrogens is 312 g/mol. The molecule has 0 unspecified atom stereocenters. The second-order valence-electron chi connectivity index (χ2n) is 4.32. The summed E-state index contributed by atoms with van der Waals surface area (Å²) in [5.74, 6) is -0.428. The van der Waals surface area contributed by atoms with E-state index in [1.807, 2.05) is 0 Å². The van der Waals surface area contributed by atoms with E-state index in [0.29, 0.717) is 16.3 Å². The van der Waals surface area contributed by atoms with Gasteiger partial charge in [0.05, 0.1) is 4.90 Å². The van der Waals surface area contributed by atoms with Crippen molar-refractivity contribution in [2.24, 2.45) is 0 Å². The number of hydrogen-bond acceptors (Lipinski definition) is 6. The van der Waals surface area contributed by atoms with E-state index in [0.717, 1.165) is 0 Å². The van der Waals surface area contributed by atoms with Crippen LogP contribution in [0.1, 0.15) is 21.5 Å². The van der Waals surface area contributed by atoms with Crippen LogP contribution in [0.5, 0.6) is 0 Å². The first-order valence-electron chi connectivity index (χ1n) is 5.97. The van der Waals surface area contributed by atoms with E-state index in [2.05, 4.69) is 20.2 Å². The highest BCUT2D eigenvalue weighted by Gasteiger charge is 2.19. The van der Waals surface area contributed by atoms with Crippen LogP contribution in [-0.4, -0.2) is 31.6 Å². The van der Waals surface area contributed by atoms with Crippen molar-refractivity contribution < 1.29 is 13.2 Å². The fourth-order valence-corrected chi connectivity index (χ4v) is 3.25. The molecule has 21 heavy (non-hydrogen) atoms. The van der Waals surface area contributed by atoms with Crippen molar-refractivity contribution in [3.05, 3.63) is 34.3 Å². The molecular formula is C12H14N4O3S2. The third-order valence-electron chi connectivity index (χ3n) is 3.02. The van der Waals surface area contributed by atoms with Gasteiger partial charge in [0.2, 0.25) is 15.2 Å². The van der Waals surface area contributed by atoms with Crippen LogP contribution in [0.25, 0.3) is 0 Å². The molecule has 2 aromatic rings. The van der Waals surface area contributed by atoms with Gasteiger partial charge in [-0.25, -0.2) is 13.1 Å². The standard InChI is InChI=1S/C12H14N4O3S2/c1-7-4-9(11(17)15-12-16-14-6-20-12)5-10(8(7)2)21(18,19)13-3/h4-6,13H,1-3H3,(H,15,16,17). The van der Waals surface area contributed by atoms with Crippen LogP contribution >= 0.6 is 11.3 Å². The maximum absolute atomic E-state index is 12.2. The Kier molecular flexibility index (Phi) is 4.35. The third-order valence-corrected chi connectivity index (χ3v) is 5.17. The second-order valence-corrected chi connectivity index (χ2v) is 7.01. The van der Waals surface area contributed by atoms with Gasteiger partial charge in [0.1, 0.15) is 5.51 Å². The van der Waals surface area contributed by atoms with Gasteiger partial charge in [-0.3, -0.25) is 10.1 Å². The molecule has 0 aliphatic rings. The van der Waals surface area contributed by atoms with Gasteiger partial charge < -0.3 is 0 Å². The number of carbonyl (C=O) groups excluding carboxylic acids is 1. The first-order valence-corrected chi connectivity index (χ1v) is 8.33. The van der Waals surface area contributed by atoms with Gasteiger partial charge in [0.15, 0.2) is 0 Å². The van der Waals surface area contributed by atoms with E-state index in [4.69, 9.17) is 0 Å². The molecule has 1 aromatic carbocycles. The van der Waals surface area contributed by atoms with Crippen molar-refractivity contribution in [2.45, 2.75) is 18.7 Å². The summed E-state index contributed by atoms with van der Waals surface area (Å²) < 4.78 is 26.3. The van der Waals surface area contributed by atoms with Crippen LogP contribution in [0.2, 0.25) is 0 Å². The first-order chi connectivity index (χ1) is 9.85. The van der Waals surface area contributed by atoms with Gasteiger partial charge in [0.25, 0.3) is 5.91 Å². The molecule has 0 aliphatic heterocycles. The molecule has 7 nitrogen and oxygen atoms in total. The maximum Gasteiger partial charge on any atom is 0.257 e. The van der Waals surface area contributed by atoms with Crippen LogP contribution in [0, 0.1) is 13.8 Å². The lowest BCUT2D eigenvalue weighted by atomic mass is 10.1. The molecule has 112 valence electrons. The van der Waals surface area contributed by atoms with Crippen molar-refractivity contribution in [1.82, 2.24) is 14.9 Å². The molecule has 0 atom stereocenters. The van der Waals surface area contributed by atoms with Gasteiger partial charge in [-0.05, 0) is 44.2 Å². The van der Waals surface area contributed by atoms with Gasteiger partial charge >= 0.3 is 0 Å². The van der Waals surface area contributed by atoms with E-state index in [1.54, 1.807) is 19.9 Å². The smallest absolute Gasteiger partial charge is 0.257 e. The Morgan fingerprint density at radius 2 is 2.00 bits per heavy atom. The number of nitrogens with one attached hydrogen (secondary N) is 2. The van der Waals surface area contributed by atoms with Gasteiger partial charge in [-0.1, -0.05) is 11.3 Å². The van der Waals surface area contributed by atoms with E-state index < -0.39 is 15.9 Å². The molecule has 0 spiro atoms. The summed E-state index contributed by atoms with van der Waals surface area (Å²) in [6.07, 6.45) is 0. The number of aryl methyl sites for hydroxylation is 1. The molecule has 0 bridgehead atoms. The zero-order valence-electron chi connectivity index (χ0n) is 11.7. The first kappa shape index (κ1) is 15.5. The van der Waals surface area contributed by atoms with Crippen molar-refractivity contribution in [2.75, 3.05) is 12.4 Å². The minimum absolute atomic E-state index is 0.0902. The van der Waals surface area contributed by atoms with E-state index in [-0.39, 0.29) is 10.5 Å². The summed E-state index contributed by atoms with van der Waals surface area (Å²) in [7, 11) is -2.29. The van der Waals surface area contributed by atoms with Crippen LogP contribution in [0.4, 0.5) is 5.13 Å². The average Bonchev–Trinajstić information content (AvgIpc) is 2.94. The predicted octanol–water partition coefficient (Wildman–Crippen LogP) is 1.32. The maximum atomic E-state index is 12.2. The molecule has 0 aliphatic carbocycles. The Morgan fingerprint density at radius 1 is 1.29 bits per heavy atom. The van der Waals surface area contributed by atoms with Crippen LogP contribution in [0.15, 0.2) is 22.5 Å². The van der Waals surface area contributed by atoms with E-state index >= 15 is 0 Å². The van der Waals surface area contributed by atoms with Crippen molar-refractivity contribution in [3.8, 4) is 0 Å². The van der Waals surface area contributed by atoms with Crippen molar-refractivity contribution in [3.63, 3.8) is 0 Å². The number of nitrogens with zero attached hydrogens (tertiary/aromatic N) is 2. The number of amides is 1. The summed E-state index contributed by atoms with van der Waals surface area (Å²) in [6, 6.07) is 2.99. The topological polar surface area (TPSA) is 101 Å². The monoisotopic (exact) mass is 326 g/mol. The zero-order valence-corrected chi connectivity index (χ0v) is 13.3. The highest BCUT2D eigenvalue weighted by Crippen LogP contribution is 2.22. The average molecular weight is 326 g/mol. The summed E-state index contributed by atoms with van der Waals surface area (Å²) >= 11 is 1.18. The minimum Gasteiger partial charge on any atom is -0.296 e. The predicted molar refractivity (Wildman–Crippen MR) is 80.0 cm³/mol. The Balaban J connectivity index is 2.44. The number of hydrogen-bond donors (Lipinski definition) is 2. The molecule has 1 amide bonds. The third kappa shape index (κ3) is 3.26. The Bertz CT molecular complexity index is 770. The molecule has 0 fully saturated rings. The molecule has 2 rings (SSSR count). The molecule has 2 N–H and O–H groups in total. The molecule has 0 saturated carbocycles. The molecule has 0 saturated heterocycles. The number of benzene rings is 1. The lowest BCUT2D eigenvalue weighted by molar-refractivity contribution is 0.102. The normalized spacial score (nSPS) is 11.4. The Hall–Kier alpha value is -1.84. The SMILES string of the molecule is CNS(=O)(=O)c1cc(C(=O)Nc2nncs2)cc(C)c1C. The van der Waals surface area contributed by atoms with Crippen LogP contribution < -0.4 is 10.0 Å². The van der Waals surface area contributed by atoms with Crippen LogP contribution in [0.3, 0.4) is 0 Å². The highest BCUT2D eigenvalue weighted by atomic mass is 32.2. The number of anilines is 1. The number of carbonyl (C=O) groups is 1. The fraction of sp³-hybridized carbons (Fsp3) is 0.250. The molecule has 0 radical (unpaired) electrons. The number of aromatic nitrogens is 2. The highest BCUT2D eigenvalue weighted by molar-refractivity contribution is 7.89. The number of sulfonamides is 1. The largest absolute Gasteiger partial charge is 0.296 e. The lowest BCUT2D eigenvalue weighted by Crippen LogP contribution is -2.21.